The Morgan fingerprint density at radius 3 is 2.22 bits per heavy atom. The van der Waals surface area contributed by atoms with Gasteiger partial charge in [-0.3, -0.25) is 24.1 Å². The molecule has 3 rings (SSSR count). The molecular formula is C20H22N2O5. The molecule has 0 radical (unpaired) electrons. The van der Waals surface area contributed by atoms with E-state index in [2.05, 4.69) is 0 Å². The third-order valence-corrected chi connectivity index (χ3v) is 5.02. The van der Waals surface area contributed by atoms with Gasteiger partial charge in [0, 0.05) is 12.7 Å². The van der Waals surface area contributed by atoms with Crippen LogP contribution >= 0.6 is 0 Å². The highest BCUT2D eigenvalue weighted by Gasteiger charge is 2.48. The second-order valence-electron chi connectivity index (χ2n) is 6.78. The van der Waals surface area contributed by atoms with Crippen molar-refractivity contribution in [1.82, 2.24) is 4.90 Å². The minimum atomic E-state index is -1.03. The molecule has 1 aromatic rings. The van der Waals surface area contributed by atoms with E-state index < -0.39 is 36.4 Å². The number of imide groups is 1. The zero-order valence-corrected chi connectivity index (χ0v) is 15.3. The number of carbonyl (C=O) groups is 4. The lowest BCUT2D eigenvalue weighted by Crippen LogP contribution is -2.41. The van der Waals surface area contributed by atoms with Crippen LogP contribution in [-0.4, -0.2) is 48.3 Å². The molecule has 1 fully saturated rings. The molecular weight excluding hydrogens is 348 g/mol. The molecule has 7 nitrogen and oxygen atoms in total. The number of likely N-dealkylation sites (tertiary alicyclic amines) is 1. The van der Waals surface area contributed by atoms with Crippen molar-refractivity contribution in [3.63, 3.8) is 0 Å². The van der Waals surface area contributed by atoms with Crippen LogP contribution in [0.25, 0.3) is 0 Å². The van der Waals surface area contributed by atoms with E-state index in [0.717, 1.165) is 4.90 Å². The Labute approximate surface area is 157 Å². The minimum absolute atomic E-state index is 0.341. The molecule has 2 aliphatic rings. The number of rotatable bonds is 5. The molecule has 0 bridgehead atoms. The van der Waals surface area contributed by atoms with Crippen LogP contribution in [0.15, 0.2) is 42.5 Å². The molecule has 3 unspecified atom stereocenters. The first-order valence-electron chi connectivity index (χ1n) is 8.92. The first kappa shape index (κ1) is 18.8. The van der Waals surface area contributed by atoms with Crippen LogP contribution in [0.4, 0.5) is 5.69 Å². The molecule has 3 atom stereocenters. The van der Waals surface area contributed by atoms with Crippen LogP contribution in [-0.2, 0) is 23.9 Å². The SMILES string of the molecule is CC(OC(=O)CN1C(=O)C2CC=CCC2C1=O)C(=O)N(C)c1ccccc1. The van der Waals surface area contributed by atoms with Crippen LogP contribution in [0, 0.1) is 11.8 Å². The Morgan fingerprint density at radius 1 is 1.11 bits per heavy atom. The molecule has 1 aliphatic heterocycles. The van der Waals surface area contributed by atoms with Crippen molar-refractivity contribution < 1.29 is 23.9 Å². The number of esters is 1. The largest absolute Gasteiger partial charge is 0.451 e. The van der Waals surface area contributed by atoms with Crippen molar-refractivity contribution in [2.24, 2.45) is 11.8 Å². The number of fused-ring (bicyclic) bond motifs is 1. The number of nitrogens with zero attached hydrogens (tertiary/aromatic N) is 2. The smallest absolute Gasteiger partial charge is 0.326 e. The van der Waals surface area contributed by atoms with Gasteiger partial charge in [0.25, 0.3) is 5.91 Å². The highest BCUT2D eigenvalue weighted by molar-refractivity contribution is 6.07. The van der Waals surface area contributed by atoms with E-state index in [0.29, 0.717) is 18.5 Å². The number of anilines is 1. The van der Waals surface area contributed by atoms with Gasteiger partial charge in [0.2, 0.25) is 11.8 Å². The molecule has 1 heterocycles. The second kappa shape index (κ2) is 7.73. The van der Waals surface area contributed by atoms with Crippen LogP contribution in [0.2, 0.25) is 0 Å². The van der Waals surface area contributed by atoms with Gasteiger partial charge in [0.05, 0.1) is 11.8 Å². The Morgan fingerprint density at radius 2 is 1.67 bits per heavy atom. The monoisotopic (exact) mass is 370 g/mol. The number of amides is 3. The number of benzene rings is 1. The Balaban J connectivity index is 1.58. The Hall–Kier alpha value is -2.96. The fourth-order valence-electron chi connectivity index (χ4n) is 3.49. The number of para-hydroxylation sites is 1. The third kappa shape index (κ3) is 3.77. The Bertz CT molecular complexity index is 763. The number of ether oxygens (including phenoxy) is 1. The fraction of sp³-hybridized carbons (Fsp3) is 0.400. The molecule has 1 saturated heterocycles. The summed E-state index contributed by atoms with van der Waals surface area (Å²) in [4.78, 5) is 51.8. The summed E-state index contributed by atoms with van der Waals surface area (Å²) in [6.45, 7) is 1.01. The third-order valence-electron chi connectivity index (χ3n) is 5.02. The Kier molecular flexibility index (Phi) is 5.39. The summed E-state index contributed by atoms with van der Waals surface area (Å²) in [5.41, 5.74) is 0.673. The molecule has 0 aromatic heterocycles. The molecule has 27 heavy (non-hydrogen) atoms. The van der Waals surface area contributed by atoms with Gasteiger partial charge in [-0.25, -0.2) is 0 Å². The number of carbonyl (C=O) groups excluding carboxylic acids is 4. The van der Waals surface area contributed by atoms with Gasteiger partial charge in [-0.05, 0) is 31.9 Å². The van der Waals surface area contributed by atoms with Crippen molar-refractivity contribution in [3.8, 4) is 0 Å². The lowest BCUT2D eigenvalue weighted by atomic mass is 9.85. The van der Waals surface area contributed by atoms with E-state index in [9.17, 15) is 19.2 Å². The van der Waals surface area contributed by atoms with Crippen molar-refractivity contribution >= 4 is 29.4 Å². The molecule has 1 aromatic carbocycles. The summed E-state index contributed by atoms with van der Waals surface area (Å²) in [7, 11) is 1.59. The van der Waals surface area contributed by atoms with Gasteiger partial charge in [0.15, 0.2) is 6.10 Å². The van der Waals surface area contributed by atoms with Gasteiger partial charge in [-0.15, -0.1) is 0 Å². The second-order valence-corrected chi connectivity index (χ2v) is 6.78. The number of hydrogen-bond acceptors (Lipinski definition) is 5. The van der Waals surface area contributed by atoms with Gasteiger partial charge in [0.1, 0.15) is 6.54 Å². The van der Waals surface area contributed by atoms with E-state index in [4.69, 9.17) is 4.74 Å². The van der Waals surface area contributed by atoms with Gasteiger partial charge in [-0.2, -0.15) is 0 Å². The average Bonchev–Trinajstić information content (AvgIpc) is 2.92. The van der Waals surface area contributed by atoms with E-state index in [-0.39, 0.29) is 11.8 Å². The first-order valence-corrected chi connectivity index (χ1v) is 8.92. The first-order chi connectivity index (χ1) is 12.9. The molecule has 0 spiro atoms. The van der Waals surface area contributed by atoms with E-state index in [1.165, 1.54) is 11.8 Å². The lowest BCUT2D eigenvalue weighted by molar-refractivity contribution is -0.158. The van der Waals surface area contributed by atoms with Crippen LogP contribution in [0.3, 0.4) is 0 Å². The standard InChI is InChI=1S/C20H22N2O5/c1-13(18(24)21(2)14-8-4-3-5-9-14)27-17(23)12-22-19(25)15-10-6-7-11-16(15)20(22)26/h3-9,13,15-16H,10-12H2,1-2H3. The van der Waals surface area contributed by atoms with Crippen LogP contribution < -0.4 is 4.90 Å². The number of allylic oxidation sites excluding steroid dienone is 2. The average molecular weight is 370 g/mol. The maximum absolute atomic E-state index is 12.4. The van der Waals surface area contributed by atoms with Gasteiger partial charge < -0.3 is 9.64 Å². The van der Waals surface area contributed by atoms with Crippen LogP contribution in [0.1, 0.15) is 19.8 Å². The number of likely N-dealkylation sites (N-methyl/N-ethyl adjacent to an activating group) is 1. The van der Waals surface area contributed by atoms with Crippen LogP contribution in [0.5, 0.6) is 0 Å². The zero-order chi connectivity index (χ0) is 19.6. The summed E-state index contributed by atoms with van der Waals surface area (Å²) >= 11 is 0. The summed E-state index contributed by atoms with van der Waals surface area (Å²) in [5.74, 6) is -2.63. The molecule has 0 saturated carbocycles. The maximum atomic E-state index is 12.4. The predicted molar refractivity (Wildman–Crippen MR) is 97.5 cm³/mol. The highest BCUT2D eigenvalue weighted by Crippen LogP contribution is 2.34. The fourth-order valence-corrected chi connectivity index (χ4v) is 3.49. The van der Waals surface area contributed by atoms with Gasteiger partial charge >= 0.3 is 5.97 Å². The topological polar surface area (TPSA) is 84.0 Å². The molecule has 0 N–H and O–H groups in total. The molecule has 7 heteroatoms. The number of hydrogen-bond donors (Lipinski definition) is 0. The van der Waals surface area contributed by atoms with Crippen molar-refractivity contribution in [3.05, 3.63) is 42.5 Å². The molecule has 142 valence electrons. The van der Waals surface area contributed by atoms with Crippen molar-refractivity contribution in [2.75, 3.05) is 18.5 Å². The van der Waals surface area contributed by atoms with E-state index >= 15 is 0 Å². The predicted octanol–water partition coefficient (Wildman–Crippen LogP) is 1.53. The maximum Gasteiger partial charge on any atom is 0.326 e. The van der Waals surface area contributed by atoms with Crippen molar-refractivity contribution in [2.45, 2.75) is 25.9 Å². The minimum Gasteiger partial charge on any atom is -0.451 e. The summed E-state index contributed by atoms with van der Waals surface area (Å²) in [5, 5.41) is 0. The summed E-state index contributed by atoms with van der Waals surface area (Å²) in [6, 6.07) is 8.97. The summed E-state index contributed by atoms with van der Waals surface area (Å²) in [6.07, 6.45) is 3.76. The van der Waals surface area contributed by atoms with Crippen molar-refractivity contribution in [1.29, 1.82) is 0 Å². The van der Waals surface area contributed by atoms with E-state index in [1.54, 1.807) is 31.3 Å². The normalized spacial score (nSPS) is 22.4. The van der Waals surface area contributed by atoms with E-state index in [1.807, 2.05) is 18.2 Å². The highest BCUT2D eigenvalue weighted by atomic mass is 16.5. The molecule has 1 aliphatic carbocycles. The lowest BCUT2D eigenvalue weighted by Gasteiger charge is -2.22. The molecule has 3 amide bonds. The van der Waals surface area contributed by atoms with Gasteiger partial charge in [-0.1, -0.05) is 30.4 Å². The quantitative estimate of drug-likeness (QED) is 0.446. The zero-order valence-electron chi connectivity index (χ0n) is 15.3. The summed E-state index contributed by atoms with van der Waals surface area (Å²) < 4.78 is 5.17.